The van der Waals surface area contributed by atoms with Gasteiger partial charge in [-0.15, -0.1) is 0 Å². The summed E-state index contributed by atoms with van der Waals surface area (Å²) < 4.78 is 33.4. The van der Waals surface area contributed by atoms with E-state index in [1.807, 2.05) is 6.07 Å². The molecular formula is C28H36F2N2O. The molecule has 4 rings (SSSR count). The first-order valence-electron chi connectivity index (χ1n) is 12.4. The Morgan fingerprint density at radius 1 is 0.909 bits per heavy atom. The van der Waals surface area contributed by atoms with Gasteiger partial charge in [0.05, 0.1) is 0 Å². The summed E-state index contributed by atoms with van der Waals surface area (Å²) in [6, 6.07) is 11.6. The van der Waals surface area contributed by atoms with Crippen molar-refractivity contribution in [2.45, 2.75) is 39.0 Å². The van der Waals surface area contributed by atoms with Gasteiger partial charge in [-0.3, -0.25) is 0 Å². The van der Waals surface area contributed by atoms with Crippen molar-refractivity contribution in [2.75, 3.05) is 50.8 Å². The highest BCUT2D eigenvalue weighted by Crippen LogP contribution is 2.35. The van der Waals surface area contributed by atoms with Crippen LogP contribution >= 0.6 is 0 Å². The van der Waals surface area contributed by atoms with Gasteiger partial charge in [0.15, 0.2) is 0 Å². The molecule has 2 aliphatic heterocycles. The van der Waals surface area contributed by atoms with Crippen molar-refractivity contribution < 1.29 is 13.5 Å². The van der Waals surface area contributed by atoms with E-state index < -0.39 is 0 Å². The van der Waals surface area contributed by atoms with Crippen LogP contribution in [0.3, 0.4) is 0 Å². The summed E-state index contributed by atoms with van der Waals surface area (Å²) in [5, 5.41) is 0. The fourth-order valence-electron chi connectivity index (χ4n) is 4.98. The monoisotopic (exact) mass is 454 g/mol. The van der Waals surface area contributed by atoms with Crippen LogP contribution in [0.15, 0.2) is 48.5 Å². The lowest BCUT2D eigenvalue weighted by Crippen LogP contribution is -2.40. The highest BCUT2D eigenvalue weighted by atomic mass is 19.1. The van der Waals surface area contributed by atoms with Gasteiger partial charge >= 0.3 is 0 Å². The molecular weight excluding hydrogens is 418 g/mol. The second-order valence-corrected chi connectivity index (χ2v) is 9.25. The molecule has 2 aromatic carbocycles. The number of ether oxygens (including phenoxy) is 1. The van der Waals surface area contributed by atoms with Crippen LogP contribution in [0.25, 0.3) is 5.57 Å². The summed E-state index contributed by atoms with van der Waals surface area (Å²) in [5.41, 5.74) is 3.98. The number of nitrogens with zero attached hydrogens (tertiary/aromatic N) is 2. The molecule has 0 aliphatic carbocycles. The van der Waals surface area contributed by atoms with Crippen molar-refractivity contribution in [2.24, 2.45) is 5.92 Å². The van der Waals surface area contributed by atoms with Gasteiger partial charge in [-0.25, -0.2) is 8.78 Å². The summed E-state index contributed by atoms with van der Waals surface area (Å²) in [4.78, 5) is 4.86. The number of piperidine rings is 1. The van der Waals surface area contributed by atoms with E-state index in [2.05, 4.69) is 22.8 Å². The summed E-state index contributed by atoms with van der Waals surface area (Å²) in [6.45, 7) is 8.88. The summed E-state index contributed by atoms with van der Waals surface area (Å²) in [6.07, 6.45) is 7.81. The first kappa shape index (κ1) is 23.9. The lowest BCUT2D eigenvalue weighted by molar-refractivity contribution is 0.102. The SMILES string of the molecule is CCCOCCC1CCN(CCN2CCC=C(c3ccc(F)cc3)c3ccc(F)cc32)CC1. The normalized spacial score (nSPS) is 17.5. The van der Waals surface area contributed by atoms with Gasteiger partial charge in [0, 0.05) is 44.1 Å². The fraction of sp³-hybridized carbons (Fsp3) is 0.500. The topological polar surface area (TPSA) is 15.7 Å². The quantitative estimate of drug-likeness (QED) is 0.424. The standard InChI is InChI=1S/C28H36F2N2O/c1-2-19-33-20-13-22-11-15-31(16-12-22)17-18-32-14-3-4-26(23-5-7-24(29)8-6-23)27-10-9-25(30)21-28(27)32/h4-10,21-22H,2-3,11-20H2,1H3. The zero-order valence-electron chi connectivity index (χ0n) is 19.7. The minimum absolute atomic E-state index is 0.217. The average molecular weight is 455 g/mol. The molecule has 0 radical (unpaired) electrons. The van der Waals surface area contributed by atoms with E-state index in [9.17, 15) is 8.78 Å². The maximum absolute atomic E-state index is 14.3. The third-order valence-corrected chi connectivity index (χ3v) is 6.91. The van der Waals surface area contributed by atoms with Crippen molar-refractivity contribution in [3.63, 3.8) is 0 Å². The third kappa shape index (κ3) is 6.42. The fourth-order valence-corrected chi connectivity index (χ4v) is 4.98. The molecule has 2 aliphatic rings. The second kappa shape index (κ2) is 11.8. The molecule has 0 unspecified atom stereocenters. The van der Waals surface area contributed by atoms with Crippen LogP contribution in [0.5, 0.6) is 0 Å². The first-order chi connectivity index (χ1) is 16.1. The van der Waals surface area contributed by atoms with Crippen LogP contribution in [-0.4, -0.2) is 50.8 Å². The Bertz CT molecular complexity index is 920. The van der Waals surface area contributed by atoms with E-state index in [0.717, 1.165) is 87.1 Å². The van der Waals surface area contributed by atoms with E-state index in [-0.39, 0.29) is 11.6 Å². The molecule has 0 saturated carbocycles. The number of benzene rings is 2. The van der Waals surface area contributed by atoms with Crippen LogP contribution in [0.4, 0.5) is 14.5 Å². The second-order valence-electron chi connectivity index (χ2n) is 9.25. The van der Waals surface area contributed by atoms with Crippen molar-refractivity contribution >= 4 is 11.3 Å². The molecule has 2 heterocycles. The van der Waals surface area contributed by atoms with Crippen molar-refractivity contribution in [3.8, 4) is 0 Å². The van der Waals surface area contributed by atoms with E-state index in [0.29, 0.717) is 0 Å². The van der Waals surface area contributed by atoms with Crippen molar-refractivity contribution in [1.82, 2.24) is 4.90 Å². The number of anilines is 1. The Morgan fingerprint density at radius 3 is 2.42 bits per heavy atom. The van der Waals surface area contributed by atoms with Gasteiger partial charge in [0.1, 0.15) is 11.6 Å². The Kier molecular flexibility index (Phi) is 8.51. The van der Waals surface area contributed by atoms with Crippen LogP contribution in [0.2, 0.25) is 0 Å². The van der Waals surface area contributed by atoms with E-state index in [1.165, 1.54) is 37.5 Å². The summed E-state index contributed by atoms with van der Waals surface area (Å²) >= 11 is 0. The first-order valence-corrected chi connectivity index (χ1v) is 12.4. The molecule has 0 aromatic heterocycles. The Balaban J connectivity index is 1.37. The molecule has 3 nitrogen and oxygen atoms in total. The molecule has 0 atom stereocenters. The minimum Gasteiger partial charge on any atom is -0.381 e. The molecule has 0 spiro atoms. The zero-order valence-corrected chi connectivity index (χ0v) is 19.7. The number of likely N-dealkylation sites (tertiary alicyclic amines) is 1. The number of halogens is 2. The molecule has 1 fully saturated rings. The molecule has 0 amide bonds. The maximum atomic E-state index is 14.3. The minimum atomic E-state index is -0.244. The highest BCUT2D eigenvalue weighted by molar-refractivity contribution is 5.87. The molecule has 0 N–H and O–H groups in total. The molecule has 33 heavy (non-hydrogen) atoms. The maximum Gasteiger partial charge on any atom is 0.125 e. The number of rotatable bonds is 9. The molecule has 5 heteroatoms. The Labute approximate surface area is 197 Å². The zero-order chi connectivity index (χ0) is 23.0. The van der Waals surface area contributed by atoms with Gasteiger partial charge in [0.25, 0.3) is 0 Å². The molecule has 178 valence electrons. The average Bonchev–Trinajstić information content (AvgIpc) is 3.01. The number of fused-ring (bicyclic) bond motifs is 1. The predicted molar refractivity (Wildman–Crippen MR) is 132 cm³/mol. The van der Waals surface area contributed by atoms with Gasteiger partial charge in [-0.1, -0.05) is 25.1 Å². The smallest absolute Gasteiger partial charge is 0.125 e. The lowest BCUT2D eigenvalue weighted by Gasteiger charge is -2.34. The molecule has 1 saturated heterocycles. The van der Waals surface area contributed by atoms with Crippen molar-refractivity contribution in [3.05, 3.63) is 71.3 Å². The van der Waals surface area contributed by atoms with Gasteiger partial charge in [0.2, 0.25) is 0 Å². The largest absolute Gasteiger partial charge is 0.381 e. The van der Waals surface area contributed by atoms with Crippen LogP contribution in [-0.2, 0) is 4.74 Å². The molecule has 0 bridgehead atoms. The van der Waals surface area contributed by atoms with Crippen LogP contribution < -0.4 is 4.90 Å². The van der Waals surface area contributed by atoms with Gasteiger partial charge in [-0.05, 0) is 92.6 Å². The summed E-state index contributed by atoms with van der Waals surface area (Å²) in [5.74, 6) is 0.310. The van der Waals surface area contributed by atoms with E-state index in [4.69, 9.17) is 4.74 Å². The number of hydrogen-bond acceptors (Lipinski definition) is 3. The number of hydrogen-bond donors (Lipinski definition) is 0. The predicted octanol–water partition coefficient (Wildman–Crippen LogP) is 6.14. The van der Waals surface area contributed by atoms with Gasteiger partial charge in [-0.2, -0.15) is 0 Å². The molecule has 2 aromatic rings. The third-order valence-electron chi connectivity index (χ3n) is 6.91. The lowest BCUT2D eigenvalue weighted by atomic mass is 9.94. The van der Waals surface area contributed by atoms with E-state index in [1.54, 1.807) is 18.2 Å². The van der Waals surface area contributed by atoms with Crippen LogP contribution in [0, 0.1) is 17.6 Å². The van der Waals surface area contributed by atoms with Gasteiger partial charge < -0.3 is 14.5 Å². The highest BCUT2D eigenvalue weighted by Gasteiger charge is 2.22. The Morgan fingerprint density at radius 2 is 1.67 bits per heavy atom. The Hall–Kier alpha value is -2.24. The van der Waals surface area contributed by atoms with Crippen LogP contribution in [0.1, 0.15) is 50.2 Å². The van der Waals surface area contributed by atoms with E-state index >= 15 is 0 Å². The summed E-state index contributed by atoms with van der Waals surface area (Å²) in [7, 11) is 0. The van der Waals surface area contributed by atoms with Crippen molar-refractivity contribution in [1.29, 1.82) is 0 Å².